The zero-order chi connectivity index (χ0) is 8.58. The average molecular weight is 268 g/mol. The van der Waals surface area contributed by atoms with E-state index in [1.165, 1.54) is 0 Å². The summed E-state index contributed by atoms with van der Waals surface area (Å²) in [6.07, 6.45) is 0. The Labute approximate surface area is 81.4 Å². The fraction of sp³-hybridized carbons (Fsp3) is 1.00. The minimum atomic E-state index is -4.13. The molecular formula is C2HCl5F2Si. The van der Waals surface area contributed by atoms with E-state index in [1.807, 2.05) is 0 Å². The summed E-state index contributed by atoms with van der Waals surface area (Å²) in [4.78, 5) is -1.97. The van der Waals surface area contributed by atoms with Crippen molar-refractivity contribution in [3.05, 3.63) is 0 Å². The first-order chi connectivity index (χ1) is 4.19. The van der Waals surface area contributed by atoms with Crippen LogP contribution in [0.1, 0.15) is 0 Å². The Morgan fingerprint density at radius 1 is 1.10 bits per heavy atom. The zero-order valence-corrected chi connectivity index (χ0v) is 9.00. The molecule has 8 heteroatoms. The van der Waals surface area contributed by atoms with Gasteiger partial charge in [-0.15, -0.1) is 33.2 Å². The highest BCUT2D eigenvalue weighted by molar-refractivity contribution is 7.65. The molecule has 0 aromatic carbocycles. The van der Waals surface area contributed by atoms with Gasteiger partial charge in [0.05, 0.1) is 0 Å². The van der Waals surface area contributed by atoms with Crippen molar-refractivity contribution in [2.45, 2.75) is 10.4 Å². The molecule has 0 amide bonds. The molecule has 10 heavy (non-hydrogen) atoms. The van der Waals surface area contributed by atoms with Crippen LogP contribution < -0.4 is 0 Å². The van der Waals surface area contributed by atoms with Gasteiger partial charge in [-0.1, -0.05) is 23.2 Å². The molecule has 0 bridgehead atoms. The van der Waals surface area contributed by atoms with Crippen LogP contribution in [0.2, 0.25) is 0 Å². The number of hydrogen-bond acceptors (Lipinski definition) is 0. The summed E-state index contributed by atoms with van der Waals surface area (Å²) in [5.41, 5.74) is -3.60. The van der Waals surface area contributed by atoms with Crippen LogP contribution in [0, 0.1) is 0 Å². The van der Waals surface area contributed by atoms with Crippen molar-refractivity contribution in [1.82, 2.24) is 0 Å². The maximum absolute atomic E-state index is 12.5. The van der Waals surface area contributed by atoms with Gasteiger partial charge in [0.25, 0.3) is 0 Å². The van der Waals surface area contributed by atoms with Crippen LogP contribution in [0.25, 0.3) is 0 Å². The number of hydrogen-bond donors (Lipinski definition) is 0. The highest BCUT2D eigenvalue weighted by atomic mass is 35.8. The van der Waals surface area contributed by atoms with Crippen molar-refractivity contribution in [1.29, 1.82) is 0 Å². The van der Waals surface area contributed by atoms with Gasteiger partial charge in [-0.2, -0.15) is 0 Å². The quantitative estimate of drug-likeness (QED) is 0.408. The Bertz CT molecular complexity index is 119. The average Bonchev–Trinajstić information content (AvgIpc) is 1.62. The van der Waals surface area contributed by atoms with Gasteiger partial charge in [-0.25, -0.2) is 8.78 Å². The number of halogens is 7. The summed E-state index contributed by atoms with van der Waals surface area (Å²) >= 11 is 24.6. The van der Waals surface area contributed by atoms with Crippen molar-refractivity contribution in [3.63, 3.8) is 0 Å². The lowest BCUT2D eigenvalue weighted by atomic mass is 10.8. The van der Waals surface area contributed by atoms with Crippen LogP contribution in [0.3, 0.4) is 0 Å². The molecule has 0 fully saturated rings. The molecule has 62 valence electrons. The van der Waals surface area contributed by atoms with E-state index in [0.29, 0.717) is 0 Å². The van der Waals surface area contributed by atoms with E-state index in [9.17, 15) is 8.78 Å². The Morgan fingerprint density at radius 3 is 1.40 bits per heavy atom. The molecule has 0 N–H and O–H groups in total. The standard InChI is InChI=1S/C2HCl5F2Si/c3-1(4)2(8,9)10(5,6)7/h1H. The molecule has 0 aliphatic carbocycles. The van der Waals surface area contributed by atoms with Gasteiger partial charge in [0, 0.05) is 0 Å². The first kappa shape index (κ1) is 11.5. The van der Waals surface area contributed by atoms with E-state index in [2.05, 4.69) is 0 Å². The summed E-state index contributed by atoms with van der Waals surface area (Å²) in [6.45, 7) is 0. The summed E-state index contributed by atoms with van der Waals surface area (Å²) in [5.74, 6) is 0. The topological polar surface area (TPSA) is 0 Å². The second-order valence-electron chi connectivity index (χ2n) is 1.42. The normalized spacial score (nSPS) is 14.4. The fourth-order valence-electron chi connectivity index (χ4n) is 0.124. The van der Waals surface area contributed by atoms with Gasteiger partial charge in [-0.3, -0.25) is 0 Å². The molecule has 0 saturated heterocycles. The van der Waals surface area contributed by atoms with Gasteiger partial charge in [-0.05, 0) is 0 Å². The molecule has 0 heterocycles. The highest BCUT2D eigenvalue weighted by Crippen LogP contribution is 2.42. The minimum absolute atomic E-state index is 1.97. The molecule has 0 saturated carbocycles. The van der Waals surface area contributed by atoms with Gasteiger partial charge in [0.1, 0.15) is 0 Å². The third-order valence-electron chi connectivity index (χ3n) is 0.652. The maximum Gasteiger partial charge on any atom is 0.419 e. The lowest BCUT2D eigenvalue weighted by Gasteiger charge is -2.21. The molecule has 0 spiro atoms. The molecule has 0 aromatic rings. The zero-order valence-electron chi connectivity index (χ0n) is 4.22. The Balaban J connectivity index is 4.40. The molecule has 0 atom stereocenters. The van der Waals surface area contributed by atoms with Crippen LogP contribution in [0.15, 0.2) is 0 Å². The lowest BCUT2D eigenvalue weighted by Crippen LogP contribution is -2.44. The van der Waals surface area contributed by atoms with E-state index < -0.39 is 16.4 Å². The van der Waals surface area contributed by atoms with E-state index in [1.54, 1.807) is 0 Å². The van der Waals surface area contributed by atoms with Gasteiger partial charge in [0.15, 0.2) is 4.84 Å². The SMILES string of the molecule is FC(F)(C(Cl)Cl)[Si](Cl)(Cl)Cl. The maximum atomic E-state index is 12.5. The van der Waals surface area contributed by atoms with Crippen molar-refractivity contribution >= 4 is 62.4 Å². The van der Waals surface area contributed by atoms with Gasteiger partial charge < -0.3 is 0 Å². The molecule has 0 rings (SSSR count). The number of alkyl halides is 4. The van der Waals surface area contributed by atoms with E-state index >= 15 is 0 Å². The Hall–Kier alpha value is 1.53. The summed E-state index contributed by atoms with van der Waals surface area (Å²) in [6, 6.07) is -4.13. The van der Waals surface area contributed by atoms with Crippen molar-refractivity contribution in [2.75, 3.05) is 0 Å². The van der Waals surface area contributed by atoms with E-state index in [0.717, 1.165) is 0 Å². The predicted octanol–water partition coefficient (Wildman–Crippen LogP) is 3.62. The molecule has 0 radical (unpaired) electrons. The highest BCUT2D eigenvalue weighted by Gasteiger charge is 2.58. The van der Waals surface area contributed by atoms with Crippen LogP contribution in [-0.4, -0.2) is 16.4 Å². The monoisotopic (exact) mass is 266 g/mol. The van der Waals surface area contributed by atoms with Crippen LogP contribution >= 0.6 is 56.4 Å². The van der Waals surface area contributed by atoms with Crippen molar-refractivity contribution in [2.24, 2.45) is 0 Å². The molecule has 0 aliphatic heterocycles. The second kappa shape index (κ2) is 3.50. The first-order valence-electron chi connectivity index (χ1n) is 1.92. The fourth-order valence-corrected chi connectivity index (χ4v) is 3.34. The van der Waals surface area contributed by atoms with Gasteiger partial charge in [0.2, 0.25) is 0 Å². The van der Waals surface area contributed by atoms with Crippen LogP contribution in [-0.2, 0) is 0 Å². The molecule has 0 aliphatic rings. The third-order valence-corrected chi connectivity index (χ3v) is 4.88. The lowest BCUT2D eigenvalue weighted by molar-refractivity contribution is 0.106. The van der Waals surface area contributed by atoms with Crippen molar-refractivity contribution < 1.29 is 8.78 Å². The second-order valence-corrected chi connectivity index (χ2v) is 11.0. The van der Waals surface area contributed by atoms with E-state index in [4.69, 9.17) is 56.4 Å². The molecular weight excluding hydrogens is 267 g/mol. The van der Waals surface area contributed by atoms with Gasteiger partial charge >= 0.3 is 11.5 Å². The largest absolute Gasteiger partial charge is 0.419 e. The predicted molar refractivity (Wildman–Crippen MR) is 43.8 cm³/mol. The molecule has 0 aromatic heterocycles. The molecule has 0 nitrogen and oxygen atoms in total. The Kier molecular flexibility index (Phi) is 4.03. The summed E-state index contributed by atoms with van der Waals surface area (Å²) in [5, 5.41) is 0. The smallest absolute Gasteiger partial charge is 0.204 e. The first-order valence-corrected chi connectivity index (χ1v) is 7.83. The number of rotatable bonds is 2. The van der Waals surface area contributed by atoms with E-state index in [-0.39, 0.29) is 0 Å². The summed E-state index contributed by atoms with van der Waals surface area (Å²) < 4.78 is 24.9. The minimum Gasteiger partial charge on any atom is -0.204 e. The summed E-state index contributed by atoms with van der Waals surface area (Å²) in [7, 11) is 0. The van der Waals surface area contributed by atoms with Crippen LogP contribution in [0.5, 0.6) is 0 Å². The van der Waals surface area contributed by atoms with Crippen molar-refractivity contribution in [3.8, 4) is 0 Å². The molecule has 0 unspecified atom stereocenters. The third kappa shape index (κ3) is 2.54. The van der Waals surface area contributed by atoms with Crippen LogP contribution in [0.4, 0.5) is 8.78 Å². The Morgan fingerprint density at radius 2 is 1.40 bits per heavy atom.